The van der Waals surface area contributed by atoms with Gasteiger partial charge in [0.1, 0.15) is 11.2 Å². The van der Waals surface area contributed by atoms with Crippen molar-refractivity contribution >= 4 is 17.6 Å². The lowest BCUT2D eigenvalue weighted by molar-refractivity contribution is -0.154. The van der Waals surface area contributed by atoms with Gasteiger partial charge in [0.05, 0.1) is 5.56 Å². The normalized spacial score (nSPS) is 20.9. The van der Waals surface area contributed by atoms with Crippen molar-refractivity contribution in [3.63, 3.8) is 0 Å². The number of aliphatic carboxylic acids is 1. The minimum Gasteiger partial charge on any atom is -0.480 e. The van der Waals surface area contributed by atoms with Gasteiger partial charge in [-0.3, -0.25) is 9.59 Å². The van der Waals surface area contributed by atoms with Crippen molar-refractivity contribution in [1.29, 1.82) is 0 Å². The number of hydrogen-bond acceptors (Lipinski definition) is 2. The lowest BCUT2D eigenvalue weighted by Gasteiger charge is -2.29. The van der Waals surface area contributed by atoms with Crippen LogP contribution in [-0.4, -0.2) is 17.0 Å². The maximum absolute atomic E-state index is 13.2. The van der Waals surface area contributed by atoms with Gasteiger partial charge in [-0.2, -0.15) is 0 Å². The lowest BCUT2D eigenvalue weighted by Crippen LogP contribution is -2.43. The van der Waals surface area contributed by atoms with E-state index >= 15 is 0 Å². The van der Waals surface area contributed by atoms with Crippen molar-refractivity contribution in [3.8, 4) is 0 Å². The molecule has 0 radical (unpaired) electrons. The molecule has 4 nitrogen and oxygen atoms in total. The Morgan fingerprint density at radius 3 is 2.55 bits per heavy atom. The molecular weight excluding hydrogens is 299 g/mol. The zero-order valence-electron chi connectivity index (χ0n) is 11.5. The van der Waals surface area contributed by atoms with Crippen LogP contribution in [0.2, 0.25) is 0 Å². The molecule has 0 aliphatic heterocycles. The van der Waals surface area contributed by atoms with Crippen LogP contribution in [0.15, 0.2) is 30.4 Å². The van der Waals surface area contributed by atoms with Crippen LogP contribution in [0.5, 0.6) is 0 Å². The van der Waals surface area contributed by atoms with Gasteiger partial charge in [-0.05, 0) is 37.5 Å². The molecule has 1 aliphatic carbocycles. The standard InChI is InChI=1S/C15H14F3NO3/c16-11-5-4-9(8-10(11)12(17)18)19-13(20)15(14(21)22)6-2-1-3-7-15/h1-2,4-5,8,12H,3,6-7H2,(H,19,20)(H,21,22). The smallest absolute Gasteiger partial charge is 0.319 e. The van der Waals surface area contributed by atoms with Gasteiger partial charge in [0.25, 0.3) is 6.43 Å². The van der Waals surface area contributed by atoms with Crippen molar-refractivity contribution < 1.29 is 27.9 Å². The molecule has 1 aromatic carbocycles. The molecule has 118 valence electrons. The Morgan fingerprint density at radius 1 is 1.27 bits per heavy atom. The first-order chi connectivity index (χ1) is 10.4. The first kappa shape index (κ1) is 16.1. The monoisotopic (exact) mass is 313 g/mol. The second-order valence-corrected chi connectivity index (χ2v) is 5.09. The number of anilines is 1. The summed E-state index contributed by atoms with van der Waals surface area (Å²) in [5.41, 5.74) is -2.53. The summed E-state index contributed by atoms with van der Waals surface area (Å²) in [5, 5.41) is 11.7. The van der Waals surface area contributed by atoms with E-state index in [1.54, 1.807) is 12.2 Å². The van der Waals surface area contributed by atoms with Gasteiger partial charge in [-0.15, -0.1) is 0 Å². The van der Waals surface area contributed by atoms with Crippen molar-refractivity contribution in [1.82, 2.24) is 0 Å². The number of carbonyl (C=O) groups excluding carboxylic acids is 1. The van der Waals surface area contributed by atoms with E-state index in [2.05, 4.69) is 5.32 Å². The highest BCUT2D eigenvalue weighted by atomic mass is 19.3. The van der Waals surface area contributed by atoms with Crippen LogP contribution in [0.4, 0.5) is 18.9 Å². The summed E-state index contributed by atoms with van der Waals surface area (Å²) in [6.07, 6.45) is 0.937. The predicted molar refractivity (Wildman–Crippen MR) is 73.0 cm³/mol. The van der Waals surface area contributed by atoms with E-state index in [1.807, 2.05) is 0 Å². The maximum atomic E-state index is 13.2. The van der Waals surface area contributed by atoms with Crippen molar-refractivity contribution in [2.24, 2.45) is 5.41 Å². The minimum absolute atomic E-state index is 0.0249. The zero-order valence-corrected chi connectivity index (χ0v) is 11.5. The van der Waals surface area contributed by atoms with Crippen LogP contribution >= 0.6 is 0 Å². The fourth-order valence-electron chi connectivity index (χ4n) is 2.37. The third kappa shape index (κ3) is 2.98. The molecule has 0 saturated heterocycles. The van der Waals surface area contributed by atoms with E-state index in [0.29, 0.717) is 6.42 Å². The molecule has 0 spiro atoms. The molecule has 0 bridgehead atoms. The summed E-state index contributed by atoms with van der Waals surface area (Å²) in [5.74, 6) is -3.15. The van der Waals surface area contributed by atoms with E-state index in [-0.39, 0.29) is 18.5 Å². The molecule has 1 aromatic rings. The SMILES string of the molecule is O=C(O)C1(C(=O)Nc2ccc(F)c(C(F)F)c2)CC=CCC1. The molecule has 0 fully saturated rings. The Balaban J connectivity index is 2.26. The Labute approximate surface area is 124 Å². The Bertz CT molecular complexity index is 630. The van der Waals surface area contributed by atoms with Crippen LogP contribution in [0.3, 0.4) is 0 Å². The van der Waals surface area contributed by atoms with Crippen molar-refractivity contribution in [2.45, 2.75) is 25.7 Å². The second kappa shape index (κ2) is 6.21. The van der Waals surface area contributed by atoms with Gasteiger partial charge in [0, 0.05) is 5.69 Å². The third-order valence-corrected chi connectivity index (χ3v) is 3.70. The summed E-state index contributed by atoms with van der Waals surface area (Å²) < 4.78 is 38.5. The number of halogens is 3. The first-order valence-corrected chi connectivity index (χ1v) is 6.64. The van der Waals surface area contributed by atoms with Gasteiger partial charge in [-0.1, -0.05) is 12.2 Å². The summed E-state index contributed by atoms with van der Waals surface area (Å²) >= 11 is 0. The van der Waals surface area contributed by atoms with Gasteiger partial charge in [0.15, 0.2) is 0 Å². The van der Waals surface area contributed by atoms with E-state index < -0.39 is 35.1 Å². The summed E-state index contributed by atoms with van der Waals surface area (Å²) in [4.78, 5) is 23.8. The fraction of sp³-hybridized carbons (Fsp3) is 0.333. The number of nitrogens with one attached hydrogen (secondary N) is 1. The molecular formula is C15H14F3NO3. The largest absolute Gasteiger partial charge is 0.480 e. The maximum Gasteiger partial charge on any atom is 0.319 e. The summed E-state index contributed by atoms with van der Waals surface area (Å²) in [7, 11) is 0. The average molecular weight is 313 g/mol. The molecule has 1 amide bonds. The number of rotatable bonds is 4. The number of carboxylic acids is 1. The number of carboxylic acid groups (broad SMARTS) is 1. The van der Waals surface area contributed by atoms with Crippen molar-refractivity contribution in [3.05, 3.63) is 41.7 Å². The van der Waals surface area contributed by atoms with E-state index in [1.165, 1.54) is 0 Å². The fourth-order valence-corrected chi connectivity index (χ4v) is 2.37. The molecule has 0 saturated carbocycles. The molecule has 1 aliphatic rings. The molecule has 0 heterocycles. The first-order valence-electron chi connectivity index (χ1n) is 6.64. The summed E-state index contributed by atoms with van der Waals surface area (Å²) in [6.45, 7) is 0. The van der Waals surface area contributed by atoms with Crippen LogP contribution in [-0.2, 0) is 9.59 Å². The molecule has 22 heavy (non-hydrogen) atoms. The highest BCUT2D eigenvalue weighted by Gasteiger charge is 2.45. The number of hydrogen-bond donors (Lipinski definition) is 2. The molecule has 2 N–H and O–H groups in total. The Hall–Kier alpha value is -2.31. The number of alkyl halides is 2. The molecule has 0 aromatic heterocycles. The average Bonchev–Trinajstić information content (AvgIpc) is 2.49. The number of allylic oxidation sites excluding steroid dienone is 2. The Morgan fingerprint density at radius 2 is 2.00 bits per heavy atom. The number of amides is 1. The molecule has 2 rings (SSSR count). The van der Waals surface area contributed by atoms with Gasteiger partial charge < -0.3 is 10.4 Å². The van der Waals surface area contributed by atoms with E-state index in [4.69, 9.17) is 0 Å². The van der Waals surface area contributed by atoms with Gasteiger partial charge >= 0.3 is 5.97 Å². The van der Waals surface area contributed by atoms with E-state index in [9.17, 15) is 27.9 Å². The van der Waals surface area contributed by atoms with Crippen LogP contribution in [0.25, 0.3) is 0 Å². The van der Waals surface area contributed by atoms with Crippen LogP contribution in [0, 0.1) is 11.2 Å². The number of benzene rings is 1. The molecule has 7 heteroatoms. The predicted octanol–water partition coefficient (Wildman–Crippen LogP) is 3.51. The molecule has 1 atom stereocenters. The summed E-state index contributed by atoms with van der Waals surface area (Å²) in [6, 6.07) is 2.74. The van der Waals surface area contributed by atoms with Crippen LogP contribution in [0.1, 0.15) is 31.3 Å². The van der Waals surface area contributed by atoms with Gasteiger partial charge in [-0.25, -0.2) is 13.2 Å². The highest BCUT2D eigenvalue weighted by Crippen LogP contribution is 2.35. The molecule has 1 unspecified atom stereocenters. The third-order valence-electron chi connectivity index (χ3n) is 3.70. The van der Waals surface area contributed by atoms with Crippen molar-refractivity contribution in [2.75, 3.05) is 5.32 Å². The number of carbonyl (C=O) groups is 2. The Kier molecular flexibility index (Phi) is 4.54. The topological polar surface area (TPSA) is 66.4 Å². The minimum atomic E-state index is -3.03. The quantitative estimate of drug-likeness (QED) is 0.660. The lowest BCUT2D eigenvalue weighted by atomic mass is 9.76. The zero-order chi connectivity index (χ0) is 16.3. The second-order valence-electron chi connectivity index (χ2n) is 5.09. The van der Waals surface area contributed by atoms with Gasteiger partial charge in [0.2, 0.25) is 5.91 Å². The highest BCUT2D eigenvalue weighted by molar-refractivity contribution is 6.08. The van der Waals surface area contributed by atoms with E-state index in [0.717, 1.165) is 18.2 Å². The van der Waals surface area contributed by atoms with Crippen LogP contribution < -0.4 is 5.32 Å².